The fraction of sp³-hybridized carbons (Fsp3) is 0.600. The lowest BCUT2D eigenvalue weighted by Gasteiger charge is -2.32. The fourth-order valence-corrected chi connectivity index (χ4v) is 2.17. The van der Waals surface area contributed by atoms with Gasteiger partial charge in [0.25, 0.3) is 0 Å². The minimum Gasteiger partial charge on any atom is -0.490 e. The lowest BCUT2D eigenvalue weighted by molar-refractivity contribution is 0.0976. The molecule has 0 unspecified atom stereocenters. The predicted octanol–water partition coefficient (Wildman–Crippen LogP) is 1.22. The monoisotopic (exact) mass is 279 g/mol. The number of nitrogens with zero attached hydrogens (tertiary/aromatic N) is 2. The van der Waals surface area contributed by atoms with Gasteiger partial charge in [-0.2, -0.15) is 0 Å². The summed E-state index contributed by atoms with van der Waals surface area (Å²) in [4.78, 5) is 2.34. The molecule has 20 heavy (non-hydrogen) atoms. The average Bonchev–Trinajstić information content (AvgIpc) is 2.47. The van der Waals surface area contributed by atoms with Gasteiger partial charge in [0.1, 0.15) is 6.61 Å². The van der Waals surface area contributed by atoms with Crippen molar-refractivity contribution in [1.29, 1.82) is 0 Å². The van der Waals surface area contributed by atoms with Crippen molar-refractivity contribution in [2.75, 3.05) is 53.0 Å². The summed E-state index contributed by atoms with van der Waals surface area (Å²) >= 11 is 0. The number of hydrazine groups is 1. The van der Waals surface area contributed by atoms with Gasteiger partial charge in [0.05, 0.1) is 6.61 Å². The van der Waals surface area contributed by atoms with Crippen molar-refractivity contribution in [3.63, 3.8) is 0 Å². The van der Waals surface area contributed by atoms with Crippen LogP contribution in [-0.2, 0) is 0 Å². The number of likely N-dealkylation sites (N-methyl/N-ethyl adjacent to an activating group) is 1. The first-order chi connectivity index (χ1) is 9.79. The molecule has 1 aliphatic heterocycles. The summed E-state index contributed by atoms with van der Waals surface area (Å²) in [6.07, 6.45) is 0. The van der Waals surface area contributed by atoms with Crippen molar-refractivity contribution in [3.05, 3.63) is 24.3 Å². The third kappa shape index (κ3) is 4.67. The quantitative estimate of drug-likeness (QED) is 0.760. The van der Waals surface area contributed by atoms with Crippen LogP contribution in [-0.4, -0.2) is 62.9 Å². The third-order valence-corrected chi connectivity index (χ3v) is 3.35. The topological polar surface area (TPSA) is 37.0 Å². The van der Waals surface area contributed by atoms with Crippen molar-refractivity contribution < 1.29 is 9.47 Å². The molecule has 0 atom stereocenters. The number of para-hydroxylation sites is 2. The van der Waals surface area contributed by atoms with Crippen LogP contribution in [0.3, 0.4) is 0 Å². The van der Waals surface area contributed by atoms with Crippen LogP contribution in [0.1, 0.15) is 6.92 Å². The molecule has 0 aromatic heterocycles. The lowest BCUT2D eigenvalue weighted by atomic mass is 10.3. The number of hydrogen-bond acceptors (Lipinski definition) is 5. The zero-order valence-electron chi connectivity index (χ0n) is 12.5. The Hall–Kier alpha value is -1.30. The van der Waals surface area contributed by atoms with E-state index in [1.165, 1.54) is 0 Å². The van der Waals surface area contributed by atoms with Crippen LogP contribution in [0.4, 0.5) is 0 Å². The number of benzene rings is 1. The van der Waals surface area contributed by atoms with Gasteiger partial charge in [-0.05, 0) is 26.1 Å². The number of piperazine rings is 1. The second-order valence-electron chi connectivity index (χ2n) is 4.93. The van der Waals surface area contributed by atoms with E-state index in [4.69, 9.17) is 9.47 Å². The maximum atomic E-state index is 5.78. The van der Waals surface area contributed by atoms with Gasteiger partial charge in [0.15, 0.2) is 11.5 Å². The van der Waals surface area contributed by atoms with Crippen molar-refractivity contribution in [1.82, 2.24) is 15.3 Å². The number of rotatable bonds is 7. The molecule has 1 aliphatic rings. The molecule has 5 heteroatoms. The van der Waals surface area contributed by atoms with Crippen molar-refractivity contribution in [2.45, 2.75) is 6.92 Å². The van der Waals surface area contributed by atoms with E-state index in [-0.39, 0.29) is 0 Å². The molecular weight excluding hydrogens is 254 g/mol. The second-order valence-corrected chi connectivity index (χ2v) is 4.93. The summed E-state index contributed by atoms with van der Waals surface area (Å²) in [6, 6.07) is 7.81. The minimum atomic E-state index is 0.635. The zero-order chi connectivity index (χ0) is 14.2. The highest BCUT2D eigenvalue weighted by Crippen LogP contribution is 2.25. The summed E-state index contributed by atoms with van der Waals surface area (Å²) in [5, 5.41) is 2.26. The van der Waals surface area contributed by atoms with Crippen LogP contribution in [0.15, 0.2) is 24.3 Å². The summed E-state index contributed by atoms with van der Waals surface area (Å²) in [7, 11) is 2.16. The van der Waals surface area contributed by atoms with E-state index in [0.29, 0.717) is 13.2 Å². The van der Waals surface area contributed by atoms with Crippen LogP contribution in [0, 0.1) is 0 Å². The number of hydrogen-bond donors (Lipinski definition) is 1. The predicted molar refractivity (Wildman–Crippen MR) is 80.2 cm³/mol. The van der Waals surface area contributed by atoms with Crippen LogP contribution in [0.25, 0.3) is 0 Å². The van der Waals surface area contributed by atoms with Gasteiger partial charge in [-0.1, -0.05) is 12.1 Å². The molecule has 1 heterocycles. The molecule has 1 N–H and O–H groups in total. The molecule has 5 nitrogen and oxygen atoms in total. The molecule has 0 spiro atoms. The molecule has 0 saturated carbocycles. The standard InChI is InChI=1S/C15H25N3O2/c1-3-19-14-6-4-5-7-15(14)20-13-8-16-18-11-9-17(2)10-12-18/h4-7,16H,3,8-13H2,1-2H3. The van der Waals surface area contributed by atoms with E-state index >= 15 is 0 Å². The van der Waals surface area contributed by atoms with Gasteiger partial charge in [-0.25, -0.2) is 5.01 Å². The highest BCUT2D eigenvalue weighted by molar-refractivity contribution is 5.39. The maximum Gasteiger partial charge on any atom is 0.161 e. The van der Waals surface area contributed by atoms with Gasteiger partial charge in [-0.15, -0.1) is 0 Å². The summed E-state index contributed by atoms with van der Waals surface area (Å²) in [5.41, 5.74) is 3.40. The molecule has 0 bridgehead atoms. The van der Waals surface area contributed by atoms with Gasteiger partial charge < -0.3 is 14.4 Å². The summed E-state index contributed by atoms with van der Waals surface area (Å²) < 4.78 is 11.3. The van der Waals surface area contributed by atoms with Crippen LogP contribution < -0.4 is 14.9 Å². The maximum absolute atomic E-state index is 5.78. The molecule has 0 aliphatic carbocycles. The highest BCUT2D eigenvalue weighted by atomic mass is 16.5. The fourth-order valence-electron chi connectivity index (χ4n) is 2.17. The van der Waals surface area contributed by atoms with Gasteiger partial charge in [-0.3, -0.25) is 5.43 Å². The van der Waals surface area contributed by atoms with E-state index < -0.39 is 0 Å². The Kier molecular flexibility index (Phi) is 6.11. The van der Waals surface area contributed by atoms with E-state index in [0.717, 1.165) is 44.2 Å². The van der Waals surface area contributed by atoms with E-state index in [1.807, 2.05) is 31.2 Å². The van der Waals surface area contributed by atoms with Gasteiger partial charge >= 0.3 is 0 Å². The SMILES string of the molecule is CCOc1ccccc1OCCNN1CCN(C)CC1. The lowest BCUT2D eigenvalue weighted by Crippen LogP contribution is -2.51. The van der Waals surface area contributed by atoms with E-state index in [9.17, 15) is 0 Å². The molecular formula is C15H25N3O2. The van der Waals surface area contributed by atoms with Crippen molar-refractivity contribution in [3.8, 4) is 11.5 Å². The van der Waals surface area contributed by atoms with Crippen LogP contribution >= 0.6 is 0 Å². The first kappa shape index (κ1) is 15.1. The molecule has 0 radical (unpaired) electrons. The smallest absolute Gasteiger partial charge is 0.161 e. The molecule has 1 aromatic rings. The van der Waals surface area contributed by atoms with E-state index in [2.05, 4.69) is 22.4 Å². The third-order valence-electron chi connectivity index (χ3n) is 3.35. The number of ether oxygens (including phenoxy) is 2. The first-order valence-corrected chi connectivity index (χ1v) is 7.31. The van der Waals surface area contributed by atoms with Crippen molar-refractivity contribution >= 4 is 0 Å². The molecule has 0 amide bonds. The first-order valence-electron chi connectivity index (χ1n) is 7.31. The van der Waals surface area contributed by atoms with Gasteiger partial charge in [0.2, 0.25) is 0 Å². The Labute approximate surface area is 121 Å². The zero-order valence-corrected chi connectivity index (χ0v) is 12.5. The molecule has 1 aromatic carbocycles. The van der Waals surface area contributed by atoms with E-state index in [1.54, 1.807) is 0 Å². The number of nitrogens with one attached hydrogen (secondary N) is 1. The highest BCUT2D eigenvalue weighted by Gasteiger charge is 2.12. The Morgan fingerprint density at radius 2 is 1.70 bits per heavy atom. The molecule has 112 valence electrons. The Morgan fingerprint density at radius 3 is 2.35 bits per heavy atom. The Balaban J connectivity index is 1.68. The second kappa shape index (κ2) is 8.09. The van der Waals surface area contributed by atoms with Crippen LogP contribution in [0.5, 0.6) is 11.5 Å². The van der Waals surface area contributed by atoms with Crippen LogP contribution in [0.2, 0.25) is 0 Å². The molecule has 2 rings (SSSR count). The summed E-state index contributed by atoms with van der Waals surface area (Å²) in [5.74, 6) is 1.63. The molecule has 1 saturated heterocycles. The largest absolute Gasteiger partial charge is 0.490 e. The summed E-state index contributed by atoms with van der Waals surface area (Å²) in [6.45, 7) is 8.42. The van der Waals surface area contributed by atoms with Crippen molar-refractivity contribution in [2.24, 2.45) is 0 Å². The Morgan fingerprint density at radius 1 is 1.05 bits per heavy atom. The molecule has 1 fully saturated rings. The normalized spacial score (nSPS) is 17.1. The Bertz CT molecular complexity index is 392. The minimum absolute atomic E-state index is 0.635. The van der Waals surface area contributed by atoms with Gasteiger partial charge in [0, 0.05) is 32.7 Å². The average molecular weight is 279 g/mol.